The molecule has 3 rings (SSSR count). The number of halogens is 1. The largest absolute Gasteiger partial charge is 0.497 e. The minimum Gasteiger partial charge on any atom is -0.497 e. The van der Waals surface area contributed by atoms with Crippen molar-refractivity contribution in [3.63, 3.8) is 0 Å². The van der Waals surface area contributed by atoms with E-state index in [1.807, 2.05) is 36.5 Å². The molecule has 0 saturated carbocycles. The first kappa shape index (κ1) is 14.3. The second-order valence-electron chi connectivity index (χ2n) is 4.92. The molecule has 0 spiro atoms. The Morgan fingerprint density at radius 1 is 1.14 bits per heavy atom. The van der Waals surface area contributed by atoms with E-state index in [4.69, 9.17) is 10.5 Å². The van der Waals surface area contributed by atoms with Gasteiger partial charge < -0.3 is 10.5 Å². The van der Waals surface area contributed by atoms with Crippen molar-refractivity contribution in [3.8, 4) is 22.6 Å². The van der Waals surface area contributed by atoms with Crippen LogP contribution in [0, 0.1) is 5.82 Å². The van der Waals surface area contributed by atoms with Gasteiger partial charge in [-0.3, -0.25) is 0 Å². The van der Waals surface area contributed by atoms with Gasteiger partial charge in [-0.25, -0.2) is 9.07 Å². The van der Waals surface area contributed by atoms with Gasteiger partial charge in [-0.2, -0.15) is 5.10 Å². The molecule has 1 aromatic heterocycles. The van der Waals surface area contributed by atoms with E-state index in [0.29, 0.717) is 6.54 Å². The van der Waals surface area contributed by atoms with Crippen LogP contribution in [-0.2, 0) is 6.54 Å². The predicted molar refractivity (Wildman–Crippen MR) is 83.4 cm³/mol. The fourth-order valence-corrected chi connectivity index (χ4v) is 2.28. The third-order valence-corrected chi connectivity index (χ3v) is 3.45. The van der Waals surface area contributed by atoms with Gasteiger partial charge in [-0.1, -0.05) is 0 Å². The lowest BCUT2D eigenvalue weighted by Gasteiger charge is -2.04. The summed E-state index contributed by atoms with van der Waals surface area (Å²) in [5, 5.41) is 4.33. The van der Waals surface area contributed by atoms with Crippen LogP contribution in [0.4, 0.5) is 4.39 Å². The number of nitrogens with two attached hydrogens (primary N) is 1. The van der Waals surface area contributed by atoms with E-state index in [9.17, 15) is 4.39 Å². The molecule has 2 aromatic carbocycles. The number of nitrogens with zero attached hydrogens (tertiary/aromatic N) is 2. The SMILES string of the molecule is COc1ccc(-n2cc(-c3cc(F)cc(CN)c3)cn2)cc1. The van der Waals surface area contributed by atoms with E-state index < -0.39 is 0 Å². The summed E-state index contributed by atoms with van der Waals surface area (Å²) in [4.78, 5) is 0. The molecule has 0 aliphatic heterocycles. The van der Waals surface area contributed by atoms with Crippen LogP contribution in [0.25, 0.3) is 16.8 Å². The maximum atomic E-state index is 13.6. The topological polar surface area (TPSA) is 53.1 Å². The van der Waals surface area contributed by atoms with E-state index in [-0.39, 0.29) is 5.82 Å². The van der Waals surface area contributed by atoms with Gasteiger partial charge in [0.05, 0.1) is 19.0 Å². The molecule has 0 fully saturated rings. The lowest BCUT2D eigenvalue weighted by Crippen LogP contribution is -1.97. The minimum atomic E-state index is -0.296. The predicted octanol–water partition coefficient (Wildman–Crippen LogP) is 3.15. The van der Waals surface area contributed by atoms with Crippen molar-refractivity contribution in [2.75, 3.05) is 7.11 Å². The summed E-state index contributed by atoms with van der Waals surface area (Å²) in [7, 11) is 1.63. The van der Waals surface area contributed by atoms with Crippen LogP contribution in [0.5, 0.6) is 5.75 Å². The van der Waals surface area contributed by atoms with Crippen molar-refractivity contribution in [2.24, 2.45) is 5.73 Å². The van der Waals surface area contributed by atoms with Crippen LogP contribution in [-0.4, -0.2) is 16.9 Å². The summed E-state index contributed by atoms with van der Waals surface area (Å²) in [6.07, 6.45) is 3.57. The lowest BCUT2D eigenvalue weighted by molar-refractivity contribution is 0.414. The maximum Gasteiger partial charge on any atom is 0.124 e. The zero-order chi connectivity index (χ0) is 15.5. The van der Waals surface area contributed by atoms with E-state index in [1.54, 1.807) is 18.0 Å². The van der Waals surface area contributed by atoms with Gasteiger partial charge >= 0.3 is 0 Å². The number of benzene rings is 2. The second kappa shape index (κ2) is 5.99. The molecule has 3 aromatic rings. The second-order valence-corrected chi connectivity index (χ2v) is 4.92. The van der Waals surface area contributed by atoms with E-state index in [2.05, 4.69) is 5.10 Å². The Bertz CT molecular complexity index is 781. The van der Waals surface area contributed by atoms with Crippen molar-refractivity contribution in [3.05, 3.63) is 66.2 Å². The quantitative estimate of drug-likeness (QED) is 0.805. The van der Waals surface area contributed by atoms with Crippen LogP contribution >= 0.6 is 0 Å². The van der Waals surface area contributed by atoms with Gasteiger partial charge in [-0.15, -0.1) is 0 Å². The van der Waals surface area contributed by atoms with E-state index in [0.717, 1.165) is 28.1 Å². The van der Waals surface area contributed by atoms with Crippen molar-refractivity contribution in [2.45, 2.75) is 6.54 Å². The van der Waals surface area contributed by atoms with Crippen molar-refractivity contribution in [1.82, 2.24) is 9.78 Å². The van der Waals surface area contributed by atoms with E-state index in [1.165, 1.54) is 12.1 Å². The molecule has 0 aliphatic carbocycles. The first-order valence-corrected chi connectivity index (χ1v) is 6.88. The van der Waals surface area contributed by atoms with Gasteiger partial charge in [0.15, 0.2) is 0 Å². The van der Waals surface area contributed by atoms with Crippen molar-refractivity contribution in [1.29, 1.82) is 0 Å². The van der Waals surface area contributed by atoms with Gasteiger partial charge in [0, 0.05) is 18.3 Å². The molecule has 0 radical (unpaired) electrons. The molecular formula is C17H16FN3O. The molecule has 4 nitrogen and oxygen atoms in total. The molecule has 0 amide bonds. The average Bonchev–Trinajstić information content (AvgIpc) is 3.04. The van der Waals surface area contributed by atoms with Crippen LogP contribution < -0.4 is 10.5 Å². The Kier molecular flexibility index (Phi) is 3.89. The molecule has 22 heavy (non-hydrogen) atoms. The zero-order valence-electron chi connectivity index (χ0n) is 12.2. The number of hydrogen-bond donors (Lipinski definition) is 1. The molecule has 0 unspecified atom stereocenters. The van der Waals surface area contributed by atoms with Gasteiger partial charge in [0.25, 0.3) is 0 Å². The summed E-state index contributed by atoms with van der Waals surface area (Å²) in [5.74, 6) is 0.490. The monoisotopic (exact) mass is 297 g/mol. The van der Waals surface area contributed by atoms with Crippen LogP contribution in [0.15, 0.2) is 54.9 Å². The Hall–Kier alpha value is -2.66. The maximum absolute atomic E-state index is 13.6. The first-order valence-electron chi connectivity index (χ1n) is 6.88. The van der Waals surface area contributed by atoms with Gasteiger partial charge in [-0.05, 0) is 53.6 Å². The number of rotatable bonds is 4. The molecule has 5 heteroatoms. The Morgan fingerprint density at radius 3 is 2.59 bits per heavy atom. The molecule has 2 N–H and O–H groups in total. The van der Waals surface area contributed by atoms with Gasteiger partial charge in [0.2, 0.25) is 0 Å². The fraction of sp³-hybridized carbons (Fsp3) is 0.118. The van der Waals surface area contributed by atoms with Crippen LogP contribution in [0.1, 0.15) is 5.56 Å². The first-order chi connectivity index (χ1) is 10.7. The van der Waals surface area contributed by atoms with Crippen molar-refractivity contribution < 1.29 is 9.13 Å². The molecule has 0 saturated heterocycles. The zero-order valence-corrected chi connectivity index (χ0v) is 12.2. The lowest BCUT2D eigenvalue weighted by atomic mass is 10.1. The van der Waals surface area contributed by atoms with E-state index >= 15 is 0 Å². The Labute approximate surface area is 128 Å². The van der Waals surface area contributed by atoms with Crippen LogP contribution in [0.3, 0.4) is 0 Å². The molecule has 0 aliphatic rings. The molecule has 1 heterocycles. The average molecular weight is 297 g/mol. The highest BCUT2D eigenvalue weighted by molar-refractivity contribution is 5.63. The summed E-state index contributed by atoms with van der Waals surface area (Å²) in [6, 6.07) is 12.3. The third kappa shape index (κ3) is 2.84. The van der Waals surface area contributed by atoms with Crippen molar-refractivity contribution >= 4 is 0 Å². The molecular weight excluding hydrogens is 281 g/mol. The molecule has 112 valence electrons. The summed E-state index contributed by atoms with van der Waals surface area (Å²) in [6.45, 7) is 0.303. The Morgan fingerprint density at radius 2 is 1.91 bits per heavy atom. The number of methoxy groups -OCH3 is 1. The number of ether oxygens (including phenoxy) is 1. The minimum absolute atomic E-state index is 0.296. The highest BCUT2D eigenvalue weighted by atomic mass is 19.1. The fourth-order valence-electron chi connectivity index (χ4n) is 2.28. The summed E-state index contributed by atoms with van der Waals surface area (Å²) >= 11 is 0. The Balaban J connectivity index is 1.94. The van der Waals surface area contributed by atoms with Crippen LogP contribution in [0.2, 0.25) is 0 Å². The number of aromatic nitrogens is 2. The third-order valence-electron chi connectivity index (χ3n) is 3.45. The summed E-state index contributed by atoms with van der Waals surface area (Å²) < 4.78 is 20.5. The molecule has 0 atom stereocenters. The molecule has 0 bridgehead atoms. The normalized spacial score (nSPS) is 10.7. The smallest absolute Gasteiger partial charge is 0.124 e. The highest BCUT2D eigenvalue weighted by Gasteiger charge is 2.06. The number of hydrogen-bond acceptors (Lipinski definition) is 3. The standard InChI is InChI=1S/C17H16FN3O/c1-22-17-4-2-16(3-5-17)21-11-14(10-20-21)13-6-12(9-19)7-15(18)8-13/h2-8,10-11H,9,19H2,1H3. The highest BCUT2D eigenvalue weighted by Crippen LogP contribution is 2.23. The summed E-state index contributed by atoms with van der Waals surface area (Å²) in [5.41, 5.74) is 8.85. The van der Waals surface area contributed by atoms with Gasteiger partial charge in [0.1, 0.15) is 11.6 Å².